The Bertz CT molecular complexity index is 107. The van der Waals surface area contributed by atoms with Crippen molar-refractivity contribution in [3.63, 3.8) is 0 Å². The van der Waals surface area contributed by atoms with Crippen LogP contribution in [0.4, 0.5) is 0 Å². The first-order valence-corrected chi connectivity index (χ1v) is 4.45. The van der Waals surface area contributed by atoms with Crippen LogP contribution in [0.15, 0.2) is 4.99 Å². The van der Waals surface area contributed by atoms with Crippen LogP contribution in [0.25, 0.3) is 0 Å². The Kier molecular flexibility index (Phi) is 3.48. The minimum atomic E-state index is 0.687. The second-order valence-electron chi connectivity index (χ2n) is 3.06. The summed E-state index contributed by atoms with van der Waals surface area (Å²) in [6.45, 7) is 2.25. The van der Waals surface area contributed by atoms with Crippen LogP contribution in [0, 0.1) is 0 Å². The van der Waals surface area contributed by atoms with Crippen molar-refractivity contribution in [2.75, 3.05) is 0 Å². The predicted molar refractivity (Wildman–Crippen MR) is 45.7 cm³/mol. The second kappa shape index (κ2) is 4.48. The molecule has 0 amide bonds. The van der Waals surface area contributed by atoms with Gasteiger partial charge in [0.05, 0.1) is 0 Å². The molecule has 1 unspecified atom stereocenters. The fourth-order valence-electron chi connectivity index (χ4n) is 1.41. The molecule has 1 heteroatoms. The van der Waals surface area contributed by atoms with Crippen LogP contribution in [0.1, 0.15) is 45.4 Å². The fourth-order valence-corrected chi connectivity index (χ4v) is 1.41. The highest BCUT2D eigenvalue weighted by molar-refractivity contribution is 5.59. The number of nitrogens with zero attached hydrogens (tertiary/aromatic N) is 1. The monoisotopic (exact) mass is 139 g/mol. The van der Waals surface area contributed by atoms with Crippen molar-refractivity contribution in [2.24, 2.45) is 4.99 Å². The number of rotatable bonds is 4. The molecule has 58 valence electrons. The lowest BCUT2D eigenvalue weighted by atomic mass is 10.1. The van der Waals surface area contributed by atoms with Gasteiger partial charge in [-0.3, -0.25) is 4.99 Å². The maximum atomic E-state index is 4.38. The molecule has 0 aromatic carbocycles. The van der Waals surface area contributed by atoms with Crippen molar-refractivity contribution in [1.82, 2.24) is 0 Å². The van der Waals surface area contributed by atoms with Gasteiger partial charge in [-0.15, -0.1) is 0 Å². The van der Waals surface area contributed by atoms with Crippen molar-refractivity contribution in [3.8, 4) is 0 Å². The molecule has 1 aliphatic rings. The van der Waals surface area contributed by atoms with E-state index >= 15 is 0 Å². The van der Waals surface area contributed by atoms with E-state index in [4.69, 9.17) is 0 Å². The molecule has 0 bridgehead atoms. The molecule has 0 fully saturated rings. The topological polar surface area (TPSA) is 12.4 Å². The fraction of sp³-hybridized carbons (Fsp3) is 0.889. The molecule has 1 nitrogen and oxygen atoms in total. The Morgan fingerprint density at radius 2 is 2.40 bits per heavy atom. The molecule has 0 aromatic heterocycles. The van der Waals surface area contributed by atoms with Gasteiger partial charge in [-0.1, -0.05) is 26.2 Å². The van der Waals surface area contributed by atoms with E-state index in [2.05, 4.69) is 18.1 Å². The van der Waals surface area contributed by atoms with Crippen LogP contribution in [0.5, 0.6) is 0 Å². The number of hydrogen-bond donors (Lipinski definition) is 0. The third kappa shape index (κ3) is 2.51. The van der Waals surface area contributed by atoms with Crippen molar-refractivity contribution in [2.45, 2.75) is 51.5 Å². The summed E-state index contributed by atoms with van der Waals surface area (Å²) in [5, 5.41) is 0. The van der Waals surface area contributed by atoms with Crippen LogP contribution in [-0.2, 0) is 0 Å². The normalized spacial score (nSPS) is 23.9. The molecule has 0 radical (unpaired) electrons. The van der Waals surface area contributed by atoms with E-state index in [1.807, 2.05) is 0 Å². The van der Waals surface area contributed by atoms with Crippen molar-refractivity contribution < 1.29 is 0 Å². The molecule has 1 aliphatic heterocycles. The van der Waals surface area contributed by atoms with Crippen LogP contribution in [0.2, 0.25) is 0 Å². The van der Waals surface area contributed by atoms with Crippen LogP contribution in [0.3, 0.4) is 0 Å². The van der Waals surface area contributed by atoms with Gasteiger partial charge in [0.2, 0.25) is 0 Å². The van der Waals surface area contributed by atoms with E-state index in [-0.39, 0.29) is 0 Å². The highest BCUT2D eigenvalue weighted by atomic mass is 14.8. The number of hydrogen-bond acceptors (Lipinski definition) is 1. The summed E-state index contributed by atoms with van der Waals surface area (Å²) in [4.78, 5) is 4.38. The van der Waals surface area contributed by atoms with Gasteiger partial charge in [0.15, 0.2) is 0 Å². The zero-order chi connectivity index (χ0) is 7.23. The van der Waals surface area contributed by atoms with Gasteiger partial charge in [-0.25, -0.2) is 0 Å². The smallest absolute Gasteiger partial charge is 0.0499 e. The zero-order valence-corrected chi connectivity index (χ0v) is 6.84. The SMILES string of the molecule is CCCCCC1CCC=N1. The number of aliphatic imine (C=N–C) groups is 1. The first-order chi connectivity index (χ1) is 4.93. The summed E-state index contributed by atoms with van der Waals surface area (Å²) in [6.07, 6.45) is 10.0. The van der Waals surface area contributed by atoms with E-state index in [9.17, 15) is 0 Å². The Morgan fingerprint density at radius 3 is 3.00 bits per heavy atom. The van der Waals surface area contributed by atoms with Crippen LogP contribution < -0.4 is 0 Å². The first kappa shape index (κ1) is 7.77. The van der Waals surface area contributed by atoms with Crippen LogP contribution >= 0.6 is 0 Å². The Labute approximate surface area is 63.5 Å². The molecule has 1 atom stereocenters. The average Bonchev–Trinajstić information content (AvgIpc) is 2.41. The maximum Gasteiger partial charge on any atom is 0.0499 e. The quantitative estimate of drug-likeness (QED) is 0.531. The maximum absolute atomic E-state index is 4.38. The van der Waals surface area contributed by atoms with E-state index in [0.29, 0.717) is 6.04 Å². The molecule has 1 heterocycles. The average molecular weight is 139 g/mol. The molecule has 0 saturated heterocycles. The lowest BCUT2D eigenvalue weighted by molar-refractivity contribution is 0.560. The zero-order valence-electron chi connectivity index (χ0n) is 6.84. The third-order valence-electron chi connectivity index (χ3n) is 2.09. The number of unbranched alkanes of at least 4 members (excludes halogenated alkanes) is 2. The summed E-state index contributed by atoms with van der Waals surface area (Å²) < 4.78 is 0. The van der Waals surface area contributed by atoms with Crippen molar-refractivity contribution in [3.05, 3.63) is 0 Å². The van der Waals surface area contributed by atoms with E-state index in [0.717, 1.165) is 0 Å². The minimum Gasteiger partial charge on any atom is -0.294 e. The molecule has 0 saturated carbocycles. The lowest BCUT2D eigenvalue weighted by Gasteiger charge is -2.03. The Balaban J connectivity index is 1.97. The lowest BCUT2D eigenvalue weighted by Crippen LogP contribution is -1.97. The summed E-state index contributed by atoms with van der Waals surface area (Å²) in [6, 6.07) is 0.687. The predicted octanol–water partition coefficient (Wildman–Crippen LogP) is 2.80. The van der Waals surface area contributed by atoms with Crippen LogP contribution in [-0.4, -0.2) is 12.3 Å². The summed E-state index contributed by atoms with van der Waals surface area (Å²) in [5.41, 5.74) is 0. The minimum absolute atomic E-state index is 0.687. The van der Waals surface area contributed by atoms with E-state index in [1.165, 1.54) is 38.5 Å². The van der Waals surface area contributed by atoms with Gasteiger partial charge in [-0.05, 0) is 25.5 Å². The Morgan fingerprint density at radius 1 is 1.50 bits per heavy atom. The summed E-state index contributed by atoms with van der Waals surface area (Å²) >= 11 is 0. The molecular formula is C9H17N. The molecular weight excluding hydrogens is 122 g/mol. The highest BCUT2D eigenvalue weighted by Gasteiger charge is 2.08. The van der Waals surface area contributed by atoms with Crippen molar-refractivity contribution in [1.29, 1.82) is 0 Å². The highest BCUT2D eigenvalue weighted by Crippen LogP contribution is 2.15. The molecule has 0 spiro atoms. The first-order valence-electron chi connectivity index (χ1n) is 4.45. The third-order valence-corrected chi connectivity index (χ3v) is 2.09. The summed E-state index contributed by atoms with van der Waals surface area (Å²) in [7, 11) is 0. The van der Waals surface area contributed by atoms with Gasteiger partial charge in [0.1, 0.15) is 0 Å². The molecule has 0 N–H and O–H groups in total. The van der Waals surface area contributed by atoms with Crippen molar-refractivity contribution >= 4 is 6.21 Å². The molecule has 10 heavy (non-hydrogen) atoms. The Hall–Kier alpha value is -0.330. The van der Waals surface area contributed by atoms with Gasteiger partial charge in [-0.2, -0.15) is 0 Å². The second-order valence-corrected chi connectivity index (χ2v) is 3.06. The van der Waals surface area contributed by atoms with E-state index in [1.54, 1.807) is 0 Å². The largest absolute Gasteiger partial charge is 0.294 e. The van der Waals surface area contributed by atoms with Gasteiger partial charge >= 0.3 is 0 Å². The molecule has 0 aromatic rings. The standard InChI is InChI=1S/C9H17N/c1-2-3-4-6-9-7-5-8-10-9/h8-9H,2-7H2,1H3. The summed E-state index contributed by atoms with van der Waals surface area (Å²) in [5.74, 6) is 0. The van der Waals surface area contributed by atoms with Gasteiger partial charge in [0, 0.05) is 6.04 Å². The van der Waals surface area contributed by atoms with Gasteiger partial charge < -0.3 is 0 Å². The van der Waals surface area contributed by atoms with Gasteiger partial charge in [0.25, 0.3) is 0 Å². The van der Waals surface area contributed by atoms with E-state index < -0.39 is 0 Å². The molecule has 1 rings (SSSR count). The molecule has 0 aliphatic carbocycles.